The highest BCUT2D eigenvalue weighted by Gasteiger charge is 2.56. The van der Waals surface area contributed by atoms with E-state index in [2.05, 4.69) is 0 Å². The van der Waals surface area contributed by atoms with E-state index in [1.165, 1.54) is 35.0 Å². The molecule has 0 aromatic rings. The van der Waals surface area contributed by atoms with E-state index in [0.717, 1.165) is 4.90 Å². The van der Waals surface area contributed by atoms with Crippen LogP contribution >= 0.6 is 0 Å². The number of Topliss-reactive ketones (excluding diaryl/α,β-unsaturated/α-hetero) is 3. The molecule has 49 heavy (non-hydrogen) atoms. The van der Waals surface area contributed by atoms with E-state index in [-0.39, 0.29) is 43.9 Å². The molecule has 14 heteroatoms. The Hall–Kier alpha value is -2.62. The fourth-order valence-electron chi connectivity index (χ4n) is 6.95. The second-order valence-corrected chi connectivity index (χ2v) is 14.0. The van der Waals surface area contributed by atoms with Gasteiger partial charge in [-0.05, 0) is 58.3 Å². The molecule has 2 rings (SSSR count). The van der Waals surface area contributed by atoms with Gasteiger partial charge in [0.05, 0.1) is 18.3 Å². The monoisotopic (exact) mass is 699 g/mol. The number of piperidine rings is 1. The third-order valence-corrected chi connectivity index (χ3v) is 10.1. The number of aliphatic hydroxyl groups is 3. The van der Waals surface area contributed by atoms with Gasteiger partial charge >= 0.3 is 5.97 Å². The average molecular weight is 700 g/mol. The van der Waals surface area contributed by atoms with Crippen molar-refractivity contribution in [1.29, 1.82) is 0 Å². The number of hydrogen-bond acceptors (Lipinski definition) is 13. The summed E-state index contributed by atoms with van der Waals surface area (Å²) in [6, 6.07) is -1.25. The van der Waals surface area contributed by atoms with E-state index in [1.54, 1.807) is 13.8 Å². The quantitative estimate of drug-likeness (QED) is 0.0997. The van der Waals surface area contributed by atoms with E-state index in [9.17, 15) is 44.1 Å². The van der Waals surface area contributed by atoms with Gasteiger partial charge in [-0.3, -0.25) is 14.4 Å². The number of likely N-dealkylation sites (tertiary alicyclic amines) is 1. The van der Waals surface area contributed by atoms with Gasteiger partial charge in [-0.25, -0.2) is 4.79 Å². The first-order valence-electron chi connectivity index (χ1n) is 17.3. The number of esters is 1. The second-order valence-electron chi connectivity index (χ2n) is 14.0. The Morgan fingerprint density at radius 3 is 2.24 bits per heavy atom. The van der Waals surface area contributed by atoms with Crippen molar-refractivity contribution >= 4 is 35.5 Å². The highest BCUT2D eigenvalue weighted by atomic mass is 16.7. The predicted molar refractivity (Wildman–Crippen MR) is 175 cm³/mol. The van der Waals surface area contributed by atoms with E-state index in [4.69, 9.17) is 18.9 Å². The Morgan fingerprint density at radius 2 is 1.71 bits per heavy atom. The minimum atomic E-state index is -2.58. The van der Waals surface area contributed by atoms with Gasteiger partial charge in [-0.2, -0.15) is 0 Å². The summed E-state index contributed by atoms with van der Waals surface area (Å²) in [7, 11) is 2.91. The Balaban J connectivity index is 2.35. The first kappa shape index (κ1) is 42.5. The summed E-state index contributed by atoms with van der Waals surface area (Å²) >= 11 is 0. The van der Waals surface area contributed by atoms with Crippen molar-refractivity contribution in [2.24, 2.45) is 23.7 Å². The highest BCUT2D eigenvalue weighted by molar-refractivity contribution is 6.39. The van der Waals surface area contributed by atoms with Gasteiger partial charge < -0.3 is 48.8 Å². The van der Waals surface area contributed by atoms with Crippen LogP contribution in [-0.4, -0.2) is 125 Å². The van der Waals surface area contributed by atoms with Crippen molar-refractivity contribution in [3.63, 3.8) is 0 Å². The lowest BCUT2D eigenvalue weighted by Gasteiger charge is -2.47. The zero-order valence-electron chi connectivity index (χ0n) is 30.2. The maximum atomic E-state index is 13.9. The van der Waals surface area contributed by atoms with Crippen LogP contribution in [0, 0.1) is 23.7 Å². The molecule has 0 aromatic carbocycles. The molecule has 0 aliphatic carbocycles. The zero-order chi connectivity index (χ0) is 37.2. The molecule has 14 nitrogen and oxygen atoms in total. The van der Waals surface area contributed by atoms with Crippen LogP contribution in [0.5, 0.6) is 0 Å². The number of rotatable bonds is 19. The maximum Gasteiger partial charge on any atom is 0.329 e. The molecule has 0 spiro atoms. The standard InChI is InChI=1S/C35H57NO13/c1-9-24(18-37)26(40)17-27(22(5)30(41)23(6)39)48-34(44)25-12-10-11-13-36(25)33(43)32(42)35(45)20(3)16-29(47-8)31(49-35)28(46-7)15-19(2)14-21(4)38/h18-20,22,24-31,40-41,45H,9-17H2,1-8H3/t19-,20+,22+,24?,25-,26+,27-,28-,29-,30-,31+,35+/m0/s1. The summed E-state index contributed by atoms with van der Waals surface area (Å²) in [4.78, 5) is 77.7. The van der Waals surface area contributed by atoms with E-state index in [0.29, 0.717) is 32.0 Å². The van der Waals surface area contributed by atoms with E-state index in [1.807, 2.05) is 6.92 Å². The second kappa shape index (κ2) is 19.1. The highest BCUT2D eigenvalue weighted by Crippen LogP contribution is 2.38. The van der Waals surface area contributed by atoms with Gasteiger partial charge in [-0.1, -0.05) is 27.7 Å². The molecule has 0 radical (unpaired) electrons. The molecule has 0 aromatic heterocycles. The van der Waals surface area contributed by atoms with Crippen LogP contribution in [0.3, 0.4) is 0 Å². The lowest BCUT2D eigenvalue weighted by Crippen LogP contribution is -2.64. The summed E-state index contributed by atoms with van der Waals surface area (Å²) in [5.74, 6) is -9.25. The van der Waals surface area contributed by atoms with Crippen molar-refractivity contribution in [2.45, 2.75) is 141 Å². The topological polar surface area (TPSA) is 203 Å². The summed E-state index contributed by atoms with van der Waals surface area (Å²) in [6.45, 7) is 9.25. The van der Waals surface area contributed by atoms with Crippen molar-refractivity contribution < 1.29 is 63.0 Å². The Kier molecular flexibility index (Phi) is 16.6. The maximum absolute atomic E-state index is 13.9. The van der Waals surface area contributed by atoms with Crippen LogP contribution in [0.15, 0.2) is 0 Å². The minimum Gasteiger partial charge on any atom is -0.460 e. The molecule has 2 aliphatic rings. The van der Waals surface area contributed by atoms with Crippen molar-refractivity contribution in [3.05, 3.63) is 0 Å². The summed E-state index contributed by atoms with van der Waals surface area (Å²) in [6.07, 6.45) is -3.71. The largest absolute Gasteiger partial charge is 0.460 e. The Labute approximate surface area is 289 Å². The van der Waals surface area contributed by atoms with Crippen LogP contribution in [0.25, 0.3) is 0 Å². The molecule has 12 atom stereocenters. The molecule has 3 N–H and O–H groups in total. The summed E-state index contributed by atoms with van der Waals surface area (Å²) < 4.78 is 23.1. The molecule has 0 bridgehead atoms. The number of methoxy groups -OCH3 is 2. The van der Waals surface area contributed by atoms with Crippen LogP contribution in [0.2, 0.25) is 0 Å². The number of carbonyl (C=O) groups is 6. The number of aliphatic hydroxyl groups excluding tert-OH is 2. The van der Waals surface area contributed by atoms with Crippen LogP contribution < -0.4 is 0 Å². The average Bonchev–Trinajstić information content (AvgIpc) is 3.06. The summed E-state index contributed by atoms with van der Waals surface area (Å²) in [5, 5.41) is 33.0. The summed E-state index contributed by atoms with van der Waals surface area (Å²) in [5.41, 5.74) is 0. The van der Waals surface area contributed by atoms with Gasteiger partial charge in [-0.15, -0.1) is 0 Å². The predicted octanol–water partition coefficient (Wildman–Crippen LogP) is 1.56. The number of hydrogen-bond donors (Lipinski definition) is 3. The van der Waals surface area contributed by atoms with Gasteiger partial charge in [0.2, 0.25) is 5.79 Å². The number of aldehydes is 1. The third-order valence-electron chi connectivity index (χ3n) is 10.1. The van der Waals surface area contributed by atoms with Crippen molar-refractivity contribution in [2.75, 3.05) is 20.8 Å². The lowest BCUT2D eigenvalue weighted by atomic mass is 9.82. The first-order valence-corrected chi connectivity index (χ1v) is 17.3. The minimum absolute atomic E-state index is 0.00412. The van der Waals surface area contributed by atoms with Crippen molar-refractivity contribution in [3.8, 4) is 0 Å². The van der Waals surface area contributed by atoms with Gasteiger partial charge in [0.15, 0.2) is 5.78 Å². The van der Waals surface area contributed by atoms with Crippen LogP contribution in [0.1, 0.15) is 92.9 Å². The van der Waals surface area contributed by atoms with Crippen LogP contribution in [-0.2, 0) is 47.7 Å². The molecular weight excluding hydrogens is 642 g/mol. The molecule has 0 saturated carbocycles. The molecule has 1 unspecified atom stereocenters. The molecular formula is C35H57NO13. The van der Waals surface area contributed by atoms with Gasteiger partial charge in [0.1, 0.15) is 36.4 Å². The molecule has 280 valence electrons. The third kappa shape index (κ3) is 10.7. The number of ketones is 3. The smallest absolute Gasteiger partial charge is 0.329 e. The number of ether oxygens (including phenoxy) is 4. The lowest BCUT2D eigenvalue weighted by molar-refractivity contribution is -0.302. The Morgan fingerprint density at radius 1 is 1.06 bits per heavy atom. The number of amides is 1. The van der Waals surface area contributed by atoms with E-state index >= 15 is 0 Å². The molecule has 2 heterocycles. The van der Waals surface area contributed by atoms with Crippen molar-refractivity contribution in [1.82, 2.24) is 4.90 Å². The number of carbonyl (C=O) groups excluding carboxylic acids is 6. The fraction of sp³-hybridized carbons (Fsp3) is 0.829. The fourth-order valence-corrected chi connectivity index (χ4v) is 6.95. The molecule has 2 saturated heterocycles. The SMILES string of the molecule is CCC(C=O)[C@H](O)C[C@H](OC(=O)[C@@H]1CCCCN1C(=O)C(=O)[C@]1(O)O[C@H]([C@H](C[C@@H](C)CC(C)=O)OC)[C@@H](OC)C[C@H]1C)[C@@H](C)[C@H](O)C(C)=O. The van der Waals surface area contributed by atoms with Gasteiger partial charge in [0.25, 0.3) is 11.7 Å². The number of nitrogens with zero attached hydrogens (tertiary/aromatic N) is 1. The van der Waals surface area contributed by atoms with Gasteiger partial charge in [0, 0.05) is 51.4 Å². The van der Waals surface area contributed by atoms with E-state index < -0.39 is 89.6 Å². The normalized spacial score (nSPS) is 28.7. The van der Waals surface area contributed by atoms with Crippen LogP contribution in [0.4, 0.5) is 0 Å². The molecule has 2 aliphatic heterocycles. The first-order chi connectivity index (χ1) is 23.0. The molecule has 2 fully saturated rings. The zero-order valence-corrected chi connectivity index (χ0v) is 30.2. The molecule has 1 amide bonds. The Bertz CT molecular complexity index is 1160.